The second kappa shape index (κ2) is 8.15. The average molecular weight is 406 g/mol. The van der Waals surface area contributed by atoms with E-state index in [2.05, 4.69) is 6.07 Å². The zero-order chi connectivity index (χ0) is 19.6. The Hall–Kier alpha value is -1.66. The highest BCUT2D eigenvalue weighted by Gasteiger charge is 2.23. The predicted octanol–water partition coefficient (Wildman–Crippen LogP) is 4.64. The van der Waals surface area contributed by atoms with E-state index in [1.54, 1.807) is 40.5 Å². The minimum Gasteiger partial charge on any atom is -0.334 e. The molecular weight excluding hydrogens is 378 g/mol. The summed E-state index contributed by atoms with van der Waals surface area (Å²) >= 11 is 1.64. The van der Waals surface area contributed by atoms with Crippen LogP contribution in [0.3, 0.4) is 0 Å². The van der Waals surface area contributed by atoms with Gasteiger partial charge < -0.3 is 4.90 Å². The number of amides is 1. The number of sulfone groups is 1. The molecule has 27 heavy (non-hydrogen) atoms. The number of aryl methyl sites for hydroxylation is 2. The largest absolute Gasteiger partial charge is 0.334 e. The molecule has 3 rings (SSSR count). The molecule has 0 fully saturated rings. The molecule has 0 radical (unpaired) electrons. The number of hydrogen-bond donors (Lipinski definition) is 0. The van der Waals surface area contributed by atoms with Crippen LogP contribution in [0.4, 0.5) is 0 Å². The van der Waals surface area contributed by atoms with Crippen molar-refractivity contribution in [2.24, 2.45) is 0 Å². The Morgan fingerprint density at radius 3 is 2.33 bits per heavy atom. The molecule has 1 amide bonds. The molecule has 0 aliphatic heterocycles. The monoisotopic (exact) mass is 405 g/mol. The smallest absolute Gasteiger partial charge is 0.264 e. The molecule has 6 heteroatoms. The standard InChI is InChI=1S/C21H27NO3S2/c1-15(16-10-12-18(13-11-16)27(3,24)25)22(2)21(23)20-14-17-8-6-4-5-7-9-19(17)26-20/h10-15H,4-9H2,1-3H3/t15-/m0/s1. The summed E-state index contributed by atoms with van der Waals surface area (Å²) in [5.74, 6) is 0.0337. The van der Waals surface area contributed by atoms with Crippen molar-refractivity contribution in [3.8, 4) is 0 Å². The summed E-state index contributed by atoms with van der Waals surface area (Å²) in [6.07, 6.45) is 8.32. The van der Waals surface area contributed by atoms with E-state index in [9.17, 15) is 13.2 Å². The Kier molecular flexibility index (Phi) is 6.06. The third kappa shape index (κ3) is 4.61. The maximum Gasteiger partial charge on any atom is 0.264 e. The number of thiophene rings is 1. The van der Waals surface area contributed by atoms with Crippen LogP contribution in [0.5, 0.6) is 0 Å². The molecular formula is C21H27NO3S2. The molecule has 1 aromatic heterocycles. The molecule has 0 saturated carbocycles. The SMILES string of the molecule is C[C@@H](c1ccc(S(C)(=O)=O)cc1)N(C)C(=O)c1cc2c(s1)CCCCCC2. The second-order valence-corrected chi connectivity index (χ2v) is 10.6. The highest BCUT2D eigenvalue weighted by atomic mass is 32.2. The van der Waals surface area contributed by atoms with Crippen LogP contribution < -0.4 is 0 Å². The molecule has 1 aliphatic carbocycles. The lowest BCUT2D eigenvalue weighted by Crippen LogP contribution is -2.29. The minimum atomic E-state index is -3.21. The third-order valence-electron chi connectivity index (χ3n) is 5.40. The van der Waals surface area contributed by atoms with Gasteiger partial charge in [-0.1, -0.05) is 25.0 Å². The van der Waals surface area contributed by atoms with Gasteiger partial charge in [0.1, 0.15) is 0 Å². The number of fused-ring (bicyclic) bond motifs is 1. The van der Waals surface area contributed by atoms with E-state index in [1.807, 2.05) is 14.0 Å². The van der Waals surface area contributed by atoms with E-state index < -0.39 is 9.84 Å². The van der Waals surface area contributed by atoms with Gasteiger partial charge in [0.25, 0.3) is 5.91 Å². The zero-order valence-electron chi connectivity index (χ0n) is 16.2. The Morgan fingerprint density at radius 2 is 1.70 bits per heavy atom. The number of rotatable bonds is 4. The van der Waals surface area contributed by atoms with E-state index in [-0.39, 0.29) is 11.9 Å². The van der Waals surface area contributed by atoms with Crippen molar-refractivity contribution in [2.45, 2.75) is 56.4 Å². The van der Waals surface area contributed by atoms with Crippen molar-refractivity contribution >= 4 is 27.1 Å². The van der Waals surface area contributed by atoms with Crippen molar-refractivity contribution < 1.29 is 13.2 Å². The molecule has 1 aliphatic rings. The maximum absolute atomic E-state index is 13.0. The lowest BCUT2D eigenvalue weighted by Gasteiger charge is -2.25. The first-order valence-electron chi connectivity index (χ1n) is 9.46. The number of benzene rings is 1. The van der Waals surface area contributed by atoms with Crippen LogP contribution in [-0.2, 0) is 22.7 Å². The molecule has 0 bridgehead atoms. The van der Waals surface area contributed by atoms with E-state index in [0.717, 1.165) is 23.3 Å². The molecule has 0 spiro atoms. The van der Waals surface area contributed by atoms with E-state index >= 15 is 0 Å². The van der Waals surface area contributed by atoms with E-state index in [4.69, 9.17) is 0 Å². The molecule has 2 aromatic rings. The first-order chi connectivity index (χ1) is 12.8. The molecule has 1 atom stereocenters. The van der Waals surface area contributed by atoms with Gasteiger partial charge >= 0.3 is 0 Å². The molecule has 1 heterocycles. The topological polar surface area (TPSA) is 54.5 Å². The zero-order valence-corrected chi connectivity index (χ0v) is 17.8. The molecule has 0 N–H and O–H groups in total. The van der Waals surface area contributed by atoms with Gasteiger partial charge in [0.15, 0.2) is 9.84 Å². The lowest BCUT2D eigenvalue weighted by molar-refractivity contribution is 0.0747. The molecule has 1 aromatic carbocycles. The van der Waals surface area contributed by atoms with Crippen molar-refractivity contribution in [3.63, 3.8) is 0 Å². The van der Waals surface area contributed by atoms with Crippen molar-refractivity contribution in [1.29, 1.82) is 0 Å². The predicted molar refractivity (Wildman–Crippen MR) is 110 cm³/mol. The molecule has 146 valence electrons. The van der Waals surface area contributed by atoms with Crippen LogP contribution in [0, 0.1) is 0 Å². The Morgan fingerprint density at radius 1 is 1.07 bits per heavy atom. The number of carbonyl (C=O) groups excluding carboxylic acids is 1. The summed E-state index contributed by atoms with van der Waals surface area (Å²) < 4.78 is 23.2. The Bertz CT molecular complexity index is 888. The fourth-order valence-corrected chi connectivity index (χ4v) is 5.38. The van der Waals surface area contributed by atoms with Gasteiger partial charge in [0, 0.05) is 18.2 Å². The van der Waals surface area contributed by atoms with Crippen LogP contribution in [0.25, 0.3) is 0 Å². The number of carbonyl (C=O) groups is 1. The van der Waals surface area contributed by atoms with E-state index in [0.29, 0.717) is 4.90 Å². The summed E-state index contributed by atoms with van der Waals surface area (Å²) in [4.78, 5) is 17.2. The second-order valence-electron chi connectivity index (χ2n) is 7.41. The summed E-state index contributed by atoms with van der Waals surface area (Å²) in [6, 6.07) is 8.75. The van der Waals surface area contributed by atoms with Crippen molar-refractivity contribution in [2.75, 3.05) is 13.3 Å². The quantitative estimate of drug-likeness (QED) is 0.744. The van der Waals surface area contributed by atoms with Gasteiger partial charge in [-0.25, -0.2) is 8.42 Å². The van der Waals surface area contributed by atoms with Gasteiger partial charge in [-0.05, 0) is 61.9 Å². The van der Waals surface area contributed by atoms with Crippen LogP contribution >= 0.6 is 11.3 Å². The van der Waals surface area contributed by atoms with Crippen molar-refractivity contribution in [1.82, 2.24) is 4.90 Å². The highest BCUT2D eigenvalue weighted by Crippen LogP contribution is 2.31. The molecule has 0 unspecified atom stereocenters. The van der Waals surface area contributed by atoms with Gasteiger partial charge in [0.2, 0.25) is 0 Å². The van der Waals surface area contributed by atoms with Crippen molar-refractivity contribution in [3.05, 3.63) is 51.2 Å². The third-order valence-corrected chi connectivity index (χ3v) is 7.75. The summed E-state index contributed by atoms with van der Waals surface area (Å²) in [7, 11) is -1.40. The molecule has 4 nitrogen and oxygen atoms in total. The Labute approximate surface area is 166 Å². The normalized spacial score (nSPS) is 16.1. The van der Waals surface area contributed by atoms with Crippen LogP contribution in [0.1, 0.15) is 64.3 Å². The summed E-state index contributed by atoms with van der Waals surface area (Å²) in [5, 5.41) is 0. The number of nitrogens with zero attached hydrogens (tertiary/aromatic N) is 1. The fourth-order valence-electron chi connectivity index (χ4n) is 3.52. The molecule has 0 saturated heterocycles. The Balaban J connectivity index is 1.77. The van der Waals surface area contributed by atoms with Gasteiger partial charge in [-0.3, -0.25) is 4.79 Å². The first-order valence-corrected chi connectivity index (χ1v) is 12.2. The van der Waals surface area contributed by atoms with Crippen LogP contribution in [0.15, 0.2) is 35.2 Å². The van der Waals surface area contributed by atoms with Crippen LogP contribution in [0.2, 0.25) is 0 Å². The first kappa shape index (κ1) is 20.1. The maximum atomic E-state index is 13.0. The minimum absolute atomic E-state index is 0.0337. The van der Waals surface area contributed by atoms with E-state index in [1.165, 1.54) is 42.4 Å². The fraction of sp³-hybridized carbons (Fsp3) is 0.476. The summed E-state index contributed by atoms with van der Waals surface area (Å²) in [5.41, 5.74) is 2.27. The highest BCUT2D eigenvalue weighted by molar-refractivity contribution is 7.90. The van der Waals surface area contributed by atoms with Gasteiger partial charge in [-0.2, -0.15) is 0 Å². The van der Waals surface area contributed by atoms with Crippen LogP contribution in [-0.4, -0.2) is 32.5 Å². The average Bonchev–Trinajstić information content (AvgIpc) is 3.01. The number of hydrogen-bond acceptors (Lipinski definition) is 4. The van der Waals surface area contributed by atoms with Gasteiger partial charge in [0.05, 0.1) is 15.8 Å². The lowest BCUT2D eigenvalue weighted by atomic mass is 9.99. The summed E-state index contributed by atoms with van der Waals surface area (Å²) in [6.45, 7) is 1.97. The van der Waals surface area contributed by atoms with Gasteiger partial charge in [-0.15, -0.1) is 11.3 Å².